The lowest BCUT2D eigenvalue weighted by atomic mass is 10.00. The number of carbonyl (C=O) groups excluding carboxylic acids is 2. The van der Waals surface area contributed by atoms with E-state index in [0.717, 1.165) is 44.2 Å². The molecule has 0 bridgehead atoms. The number of anilines is 1. The van der Waals surface area contributed by atoms with Gasteiger partial charge in [-0.05, 0) is 56.7 Å². The summed E-state index contributed by atoms with van der Waals surface area (Å²) >= 11 is 0. The van der Waals surface area contributed by atoms with Gasteiger partial charge in [-0.1, -0.05) is 13.0 Å². The van der Waals surface area contributed by atoms with Gasteiger partial charge in [0.25, 0.3) is 5.91 Å². The van der Waals surface area contributed by atoms with E-state index in [0.29, 0.717) is 24.4 Å². The van der Waals surface area contributed by atoms with E-state index in [1.54, 1.807) is 19.2 Å². The lowest BCUT2D eigenvalue weighted by molar-refractivity contribution is 0.0953. The number of amides is 3. The summed E-state index contributed by atoms with van der Waals surface area (Å²) in [5.74, 6) is -0.113. The summed E-state index contributed by atoms with van der Waals surface area (Å²) in [7, 11) is 1.69. The van der Waals surface area contributed by atoms with Crippen molar-refractivity contribution in [2.24, 2.45) is 0 Å². The standard InChI is InChI=1S/C20H31N3O3/c1-4-11-21-19(24)16-9-8-15(2)18(14-16)22-20(25)23-12-6-5-7-17(23)10-13-26-3/h8-9,14,17H,4-7,10-13H2,1-3H3,(H,21,24)(H,22,25)/t17-/m1/s1. The van der Waals surface area contributed by atoms with E-state index >= 15 is 0 Å². The SMILES string of the molecule is CCCNC(=O)c1ccc(C)c(NC(=O)N2CCCC[C@@H]2CCOC)c1. The minimum Gasteiger partial charge on any atom is -0.385 e. The Morgan fingerprint density at radius 2 is 2.12 bits per heavy atom. The number of rotatable bonds is 7. The minimum atomic E-state index is -0.113. The van der Waals surface area contributed by atoms with Gasteiger partial charge in [0.2, 0.25) is 0 Å². The van der Waals surface area contributed by atoms with Crippen LogP contribution in [0, 0.1) is 6.92 Å². The molecule has 0 saturated carbocycles. The maximum absolute atomic E-state index is 12.8. The Bertz CT molecular complexity index is 618. The molecule has 2 rings (SSSR count). The van der Waals surface area contributed by atoms with Crippen molar-refractivity contribution in [1.29, 1.82) is 0 Å². The molecule has 3 amide bonds. The summed E-state index contributed by atoms with van der Waals surface area (Å²) in [5.41, 5.74) is 2.19. The van der Waals surface area contributed by atoms with E-state index < -0.39 is 0 Å². The molecule has 0 radical (unpaired) electrons. The van der Waals surface area contributed by atoms with E-state index in [1.165, 1.54) is 0 Å². The van der Waals surface area contributed by atoms with Gasteiger partial charge >= 0.3 is 6.03 Å². The number of benzene rings is 1. The molecule has 0 aromatic heterocycles. The fraction of sp³-hybridized carbons (Fsp3) is 0.600. The molecule has 1 aliphatic rings. The molecule has 2 N–H and O–H groups in total. The molecule has 6 nitrogen and oxygen atoms in total. The smallest absolute Gasteiger partial charge is 0.322 e. The van der Waals surface area contributed by atoms with Gasteiger partial charge in [0.15, 0.2) is 0 Å². The van der Waals surface area contributed by atoms with E-state index in [2.05, 4.69) is 10.6 Å². The quantitative estimate of drug-likeness (QED) is 0.780. The molecular weight excluding hydrogens is 330 g/mol. The van der Waals surface area contributed by atoms with Crippen molar-refractivity contribution in [2.75, 3.05) is 32.1 Å². The number of nitrogens with zero attached hydrogens (tertiary/aromatic N) is 1. The van der Waals surface area contributed by atoms with Crippen LogP contribution in [0.25, 0.3) is 0 Å². The van der Waals surface area contributed by atoms with Crippen LogP contribution in [0.15, 0.2) is 18.2 Å². The van der Waals surface area contributed by atoms with E-state index in [-0.39, 0.29) is 18.0 Å². The first-order chi connectivity index (χ1) is 12.6. The van der Waals surface area contributed by atoms with Crippen LogP contribution in [0.1, 0.15) is 54.9 Å². The number of carbonyl (C=O) groups is 2. The highest BCUT2D eigenvalue weighted by Crippen LogP contribution is 2.23. The third-order valence-corrected chi connectivity index (χ3v) is 4.82. The van der Waals surface area contributed by atoms with Gasteiger partial charge in [-0.3, -0.25) is 4.79 Å². The Kier molecular flexibility index (Phi) is 7.91. The molecule has 1 atom stereocenters. The van der Waals surface area contributed by atoms with Crippen LogP contribution in [0.2, 0.25) is 0 Å². The van der Waals surface area contributed by atoms with Gasteiger partial charge in [0.05, 0.1) is 0 Å². The zero-order valence-electron chi connectivity index (χ0n) is 16.1. The number of methoxy groups -OCH3 is 1. The van der Waals surface area contributed by atoms with Crippen LogP contribution in [-0.2, 0) is 4.74 Å². The average Bonchev–Trinajstić information content (AvgIpc) is 2.66. The normalized spacial score (nSPS) is 17.0. The Hall–Kier alpha value is -2.08. The molecule has 1 fully saturated rings. The van der Waals surface area contributed by atoms with Crippen molar-refractivity contribution in [3.63, 3.8) is 0 Å². The van der Waals surface area contributed by atoms with Crippen molar-refractivity contribution in [2.45, 2.75) is 52.0 Å². The maximum atomic E-state index is 12.8. The molecule has 26 heavy (non-hydrogen) atoms. The first kappa shape index (κ1) is 20.2. The lowest BCUT2D eigenvalue weighted by Crippen LogP contribution is -2.46. The van der Waals surface area contributed by atoms with Gasteiger partial charge in [0.1, 0.15) is 0 Å². The predicted octanol–water partition coefficient (Wildman–Crippen LogP) is 3.56. The van der Waals surface area contributed by atoms with Crippen molar-refractivity contribution in [1.82, 2.24) is 10.2 Å². The van der Waals surface area contributed by atoms with Crippen LogP contribution in [0.3, 0.4) is 0 Å². The molecule has 1 aliphatic heterocycles. The molecule has 144 valence electrons. The second-order valence-corrected chi connectivity index (χ2v) is 6.84. The summed E-state index contributed by atoms with van der Waals surface area (Å²) in [6.45, 7) is 6.00. The van der Waals surface area contributed by atoms with Crippen molar-refractivity contribution >= 4 is 17.6 Å². The second kappa shape index (κ2) is 10.2. The van der Waals surface area contributed by atoms with Crippen LogP contribution in [0.4, 0.5) is 10.5 Å². The number of hydrogen-bond donors (Lipinski definition) is 2. The van der Waals surface area contributed by atoms with E-state index in [9.17, 15) is 9.59 Å². The highest BCUT2D eigenvalue weighted by Gasteiger charge is 2.26. The Labute approximate surface area is 156 Å². The third kappa shape index (κ3) is 5.46. The maximum Gasteiger partial charge on any atom is 0.322 e. The van der Waals surface area contributed by atoms with Crippen molar-refractivity contribution in [3.05, 3.63) is 29.3 Å². The predicted molar refractivity (Wildman–Crippen MR) is 104 cm³/mol. The number of urea groups is 1. The molecule has 1 heterocycles. The third-order valence-electron chi connectivity index (χ3n) is 4.82. The zero-order valence-corrected chi connectivity index (χ0v) is 16.1. The Morgan fingerprint density at radius 1 is 1.31 bits per heavy atom. The monoisotopic (exact) mass is 361 g/mol. The number of likely N-dealkylation sites (tertiary alicyclic amines) is 1. The molecule has 1 aromatic rings. The molecule has 1 aromatic carbocycles. The number of nitrogens with one attached hydrogen (secondary N) is 2. The van der Waals surface area contributed by atoms with Gasteiger partial charge in [0, 0.05) is 44.1 Å². The summed E-state index contributed by atoms with van der Waals surface area (Å²) in [5, 5.41) is 5.87. The van der Waals surface area contributed by atoms with E-state index in [1.807, 2.05) is 24.8 Å². The minimum absolute atomic E-state index is 0.0972. The summed E-state index contributed by atoms with van der Waals surface area (Å²) in [6.07, 6.45) is 4.91. The van der Waals surface area contributed by atoms with E-state index in [4.69, 9.17) is 4.74 Å². The van der Waals surface area contributed by atoms with Crippen LogP contribution in [-0.4, -0.2) is 49.7 Å². The number of ether oxygens (including phenoxy) is 1. The molecule has 0 aliphatic carbocycles. The van der Waals surface area contributed by atoms with Gasteiger partial charge in [-0.15, -0.1) is 0 Å². The van der Waals surface area contributed by atoms with Gasteiger partial charge in [-0.25, -0.2) is 4.79 Å². The summed E-state index contributed by atoms with van der Waals surface area (Å²) < 4.78 is 5.18. The largest absolute Gasteiger partial charge is 0.385 e. The highest BCUT2D eigenvalue weighted by molar-refractivity contribution is 5.97. The molecule has 1 saturated heterocycles. The number of piperidine rings is 1. The summed E-state index contributed by atoms with van der Waals surface area (Å²) in [6, 6.07) is 5.53. The van der Waals surface area contributed by atoms with Gasteiger partial charge < -0.3 is 20.3 Å². The van der Waals surface area contributed by atoms with Crippen LogP contribution < -0.4 is 10.6 Å². The molecule has 0 unspecified atom stereocenters. The zero-order chi connectivity index (χ0) is 18.9. The fourth-order valence-electron chi connectivity index (χ4n) is 3.25. The molecule has 0 spiro atoms. The van der Waals surface area contributed by atoms with Crippen LogP contribution in [0.5, 0.6) is 0 Å². The molecular formula is C20H31N3O3. The Morgan fingerprint density at radius 3 is 2.85 bits per heavy atom. The lowest BCUT2D eigenvalue weighted by Gasteiger charge is -2.35. The van der Waals surface area contributed by atoms with Gasteiger partial charge in [-0.2, -0.15) is 0 Å². The number of hydrogen-bond acceptors (Lipinski definition) is 3. The van der Waals surface area contributed by atoms with Crippen molar-refractivity contribution < 1.29 is 14.3 Å². The molecule has 6 heteroatoms. The van der Waals surface area contributed by atoms with Crippen molar-refractivity contribution in [3.8, 4) is 0 Å². The second-order valence-electron chi connectivity index (χ2n) is 6.84. The van der Waals surface area contributed by atoms with Crippen LogP contribution >= 0.6 is 0 Å². The highest BCUT2D eigenvalue weighted by atomic mass is 16.5. The first-order valence-corrected chi connectivity index (χ1v) is 9.52. The fourth-order valence-corrected chi connectivity index (χ4v) is 3.25. The average molecular weight is 361 g/mol. The Balaban J connectivity index is 2.08. The summed E-state index contributed by atoms with van der Waals surface area (Å²) in [4.78, 5) is 26.9. The topological polar surface area (TPSA) is 70.7 Å². The number of aryl methyl sites for hydroxylation is 1. The first-order valence-electron chi connectivity index (χ1n) is 9.52.